The molecule has 0 atom stereocenters. The second-order valence-corrected chi connectivity index (χ2v) is 3.95. The van der Waals surface area contributed by atoms with Crippen LogP contribution in [-0.4, -0.2) is 29.6 Å². The van der Waals surface area contributed by atoms with Gasteiger partial charge in [-0.1, -0.05) is 19.1 Å². The Morgan fingerprint density at radius 2 is 2.21 bits per heavy atom. The Hall–Kier alpha value is -2.21. The molecule has 1 aromatic carbocycles. The van der Waals surface area contributed by atoms with Gasteiger partial charge in [0.25, 0.3) is 0 Å². The zero-order valence-corrected chi connectivity index (χ0v) is 10.6. The third-order valence-electron chi connectivity index (χ3n) is 2.68. The summed E-state index contributed by atoms with van der Waals surface area (Å²) in [5.41, 5.74) is 0.585. The molecule has 0 bridgehead atoms. The maximum atomic E-state index is 11.0. The molecule has 0 saturated heterocycles. The van der Waals surface area contributed by atoms with Crippen molar-refractivity contribution >= 4 is 16.6 Å². The van der Waals surface area contributed by atoms with Gasteiger partial charge < -0.3 is 10.1 Å². The van der Waals surface area contributed by atoms with Gasteiger partial charge in [-0.15, -0.1) is 0 Å². The molecule has 0 spiro atoms. The fourth-order valence-electron chi connectivity index (χ4n) is 1.79. The van der Waals surface area contributed by atoms with E-state index in [1.54, 1.807) is 12.1 Å². The van der Waals surface area contributed by atoms with Crippen molar-refractivity contribution in [1.29, 1.82) is 0 Å². The van der Waals surface area contributed by atoms with Gasteiger partial charge in [-0.25, -0.2) is 4.98 Å². The van der Waals surface area contributed by atoms with Crippen LogP contribution in [0.2, 0.25) is 0 Å². The van der Waals surface area contributed by atoms with Crippen LogP contribution in [-0.2, 0) is 0 Å². The van der Waals surface area contributed by atoms with Crippen molar-refractivity contribution in [3.05, 3.63) is 40.6 Å². The molecule has 1 heterocycles. The van der Waals surface area contributed by atoms with Gasteiger partial charge in [-0.3, -0.25) is 10.1 Å². The lowest BCUT2D eigenvalue weighted by Crippen LogP contribution is -2.20. The number of nitro groups is 1. The van der Waals surface area contributed by atoms with Gasteiger partial charge in [-0.05, 0) is 18.7 Å². The quantitative estimate of drug-likeness (QED) is 0.489. The lowest BCUT2D eigenvalue weighted by Gasteiger charge is -2.09. The summed E-state index contributed by atoms with van der Waals surface area (Å²) in [5, 5.41) is 14.8. The third-order valence-corrected chi connectivity index (χ3v) is 2.68. The minimum Gasteiger partial charge on any atom is -0.485 e. The molecule has 0 aliphatic rings. The number of ether oxygens (including phenoxy) is 1. The van der Waals surface area contributed by atoms with E-state index >= 15 is 0 Å². The summed E-state index contributed by atoms with van der Waals surface area (Å²) in [6, 6.07) is 7.22. The van der Waals surface area contributed by atoms with Crippen LogP contribution < -0.4 is 10.1 Å². The van der Waals surface area contributed by atoms with E-state index in [9.17, 15) is 10.1 Å². The van der Waals surface area contributed by atoms with E-state index in [1.807, 2.05) is 19.1 Å². The van der Waals surface area contributed by atoms with Crippen molar-refractivity contribution in [2.24, 2.45) is 0 Å². The van der Waals surface area contributed by atoms with Gasteiger partial charge in [0.15, 0.2) is 0 Å². The van der Waals surface area contributed by atoms with E-state index in [-0.39, 0.29) is 11.4 Å². The summed E-state index contributed by atoms with van der Waals surface area (Å²) in [4.78, 5) is 14.6. The Morgan fingerprint density at radius 1 is 1.42 bits per heavy atom. The number of rotatable bonds is 6. The van der Waals surface area contributed by atoms with Crippen LogP contribution in [0.25, 0.3) is 10.9 Å². The summed E-state index contributed by atoms with van der Waals surface area (Å²) < 4.78 is 5.57. The number of nitrogens with one attached hydrogen (secondary N) is 1. The molecule has 0 unspecified atom stereocenters. The number of fused-ring (bicyclic) bond motifs is 1. The van der Waals surface area contributed by atoms with Gasteiger partial charge in [0.2, 0.25) is 5.75 Å². The molecule has 2 rings (SSSR count). The highest BCUT2D eigenvalue weighted by Gasteiger charge is 2.19. The molecule has 0 radical (unpaired) electrons. The zero-order chi connectivity index (χ0) is 13.7. The fourth-order valence-corrected chi connectivity index (χ4v) is 1.79. The summed E-state index contributed by atoms with van der Waals surface area (Å²) >= 11 is 0. The fraction of sp³-hybridized carbons (Fsp3) is 0.308. The molecule has 0 aliphatic carbocycles. The maximum Gasteiger partial charge on any atom is 0.329 e. The molecule has 19 heavy (non-hydrogen) atoms. The number of likely N-dealkylation sites (N-methyl/N-ethyl adjacent to an activating group) is 1. The summed E-state index contributed by atoms with van der Waals surface area (Å²) in [6.45, 7) is 3.85. The van der Waals surface area contributed by atoms with Crippen LogP contribution in [0.1, 0.15) is 6.92 Å². The topological polar surface area (TPSA) is 77.3 Å². The van der Waals surface area contributed by atoms with Crippen LogP contribution in [0.5, 0.6) is 5.75 Å². The summed E-state index contributed by atoms with van der Waals surface area (Å²) in [5.74, 6) is 0.286. The highest BCUT2D eigenvalue weighted by atomic mass is 16.6. The number of nitrogens with zero attached hydrogens (tertiary/aromatic N) is 2. The summed E-state index contributed by atoms with van der Waals surface area (Å²) in [6.07, 6.45) is 1.24. The molecule has 2 aromatic rings. The van der Waals surface area contributed by atoms with Crippen molar-refractivity contribution in [3.8, 4) is 5.75 Å². The first-order chi connectivity index (χ1) is 9.24. The largest absolute Gasteiger partial charge is 0.485 e. The minimum atomic E-state index is -0.470. The third kappa shape index (κ3) is 2.97. The Kier molecular flexibility index (Phi) is 4.25. The first-order valence-electron chi connectivity index (χ1n) is 6.09. The smallest absolute Gasteiger partial charge is 0.329 e. The van der Waals surface area contributed by atoms with Crippen LogP contribution in [0.3, 0.4) is 0 Å². The van der Waals surface area contributed by atoms with E-state index in [0.29, 0.717) is 24.1 Å². The normalized spacial score (nSPS) is 10.6. The SMILES string of the molecule is CCNCCOc1c([N+](=O)[O-])cnc2ccccc12. The molecule has 0 amide bonds. The van der Waals surface area contributed by atoms with Gasteiger partial charge in [0.05, 0.1) is 10.4 Å². The van der Waals surface area contributed by atoms with Crippen molar-refractivity contribution in [3.63, 3.8) is 0 Å². The van der Waals surface area contributed by atoms with E-state index in [0.717, 1.165) is 6.54 Å². The van der Waals surface area contributed by atoms with Gasteiger partial charge in [0, 0.05) is 11.9 Å². The number of para-hydroxylation sites is 1. The number of benzene rings is 1. The zero-order valence-electron chi connectivity index (χ0n) is 10.6. The van der Waals surface area contributed by atoms with Gasteiger partial charge >= 0.3 is 5.69 Å². The number of hydrogen-bond acceptors (Lipinski definition) is 5. The Bertz CT molecular complexity index is 586. The van der Waals surface area contributed by atoms with Crippen LogP contribution >= 0.6 is 0 Å². The van der Waals surface area contributed by atoms with Crippen LogP contribution in [0.4, 0.5) is 5.69 Å². The van der Waals surface area contributed by atoms with Crippen molar-refractivity contribution in [2.45, 2.75) is 6.92 Å². The Labute approximate surface area is 110 Å². The maximum absolute atomic E-state index is 11.0. The average molecular weight is 261 g/mol. The van der Waals surface area contributed by atoms with E-state index in [1.165, 1.54) is 6.20 Å². The molecule has 100 valence electrons. The summed E-state index contributed by atoms with van der Waals surface area (Å²) in [7, 11) is 0. The second kappa shape index (κ2) is 6.10. The lowest BCUT2D eigenvalue weighted by molar-refractivity contribution is -0.386. The predicted molar refractivity (Wildman–Crippen MR) is 72.4 cm³/mol. The predicted octanol–water partition coefficient (Wildman–Crippen LogP) is 2.13. The van der Waals surface area contributed by atoms with Crippen molar-refractivity contribution in [1.82, 2.24) is 10.3 Å². The highest BCUT2D eigenvalue weighted by Crippen LogP contribution is 2.33. The van der Waals surface area contributed by atoms with E-state index in [2.05, 4.69) is 10.3 Å². The Balaban J connectivity index is 2.35. The molecule has 1 N–H and O–H groups in total. The molecule has 0 saturated carbocycles. The number of pyridine rings is 1. The molecule has 1 aromatic heterocycles. The molecule has 0 aliphatic heterocycles. The molecule has 6 heteroatoms. The minimum absolute atomic E-state index is 0.102. The van der Waals surface area contributed by atoms with Crippen LogP contribution in [0.15, 0.2) is 30.5 Å². The van der Waals surface area contributed by atoms with Crippen molar-refractivity contribution in [2.75, 3.05) is 19.7 Å². The number of aromatic nitrogens is 1. The lowest BCUT2D eigenvalue weighted by atomic mass is 10.2. The monoisotopic (exact) mass is 261 g/mol. The van der Waals surface area contributed by atoms with Crippen LogP contribution in [0, 0.1) is 10.1 Å². The van der Waals surface area contributed by atoms with E-state index < -0.39 is 4.92 Å². The Morgan fingerprint density at radius 3 is 2.95 bits per heavy atom. The first-order valence-corrected chi connectivity index (χ1v) is 6.09. The second-order valence-electron chi connectivity index (χ2n) is 3.95. The van der Waals surface area contributed by atoms with Gasteiger partial charge in [0.1, 0.15) is 12.8 Å². The van der Waals surface area contributed by atoms with Gasteiger partial charge in [-0.2, -0.15) is 0 Å². The number of hydrogen-bond donors (Lipinski definition) is 1. The van der Waals surface area contributed by atoms with E-state index in [4.69, 9.17) is 4.74 Å². The first kappa shape index (κ1) is 13.2. The molecule has 6 nitrogen and oxygen atoms in total. The molecular formula is C13H15N3O3. The average Bonchev–Trinajstić information content (AvgIpc) is 2.43. The van der Waals surface area contributed by atoms with Crippen molar-refractivity contribution < 1.29 is 9.66 Å². The standard InChI is InChI=1S/C13H15N3O3/c1-2-14-7-8-19-13-10-5-3-4-6-11(10)15-9-12(13)16(17)18/h3-6,9,14H,2,7-8H2,1H3. The molecular weight excluding hydrogens is 246 g/mol. The highest BCUT2D eigenvalue weighted by molar-refractivity contribution is 5.88. The molecule has 0 fully saturated rings.